The summed E-state index contributed by atoms with van der Waals surface area (Å²) >= 11 is 0. The van der Waals surface area contributed by atoms with Gasteiger partial charge < -0.3 is 15.4 Å². The Morgan fingerprint density at radius 2 is 1.90 bits per heavy atom. The first-order valence-electron chi connectivity index (χ1n) is 9.98. The molecule has 2 fully saturated rings. The highest BCUT2D eigenvalue weighted by atomic mass is 19.1. The molecule has 31 heavy (non-hydrogen) atoms. The predicted molar refractivity (Wildman–Crippen MR) is 105 cm³/mol. The van der Waals surface area contributed by atoms with Gasteiger partial charge in [0.2, 0.25) is 5.91 Å². The number of benzene rings is 2. The summed E-state index contributed by atoms with van der Waals surface area (Å²) in [6.07, 6.45) is 0. The molecule has 0 radical (unpaired) electrons. The smallest absolute Gasteiger partial charge is 0.254 e. The zero-order valence-corrected chi connectivity index (χ0v) is 16.7. The summed E-state index contributed by atoms with van der Waals surface area (Å²) in [6.45, 7) is 1.21. The maximum absolute atomic E-state index is 13.9. The molecule has 0 bridgehead atoms. The largest absolute Gasteiger partial charge is 0.361 e. The number of rotatable bonds is 5. The first-order chi connectivity index (χ1) is 14.9. The number of morpholine rings is 1. The zero-order valence-electron chi connectivity index (χ0n) is 16.7. The van der Waals surface area contributed by atoms with E-state index in [0.29, 0.717) is 13.1 Å². The van der Waals surface area contributed by atoms with Crippen molar-refractivity contribution in [1.29, 1.82) is 0 Å². The maximum Gasteiger partial charge on any atom is 0.254 e. The average molecular weight is 433 g/mol. The Hall–Kier alpha value is -2.91. The third kappa shape index (κ3) is 4.42. The quantitative estimate of drug-likeness (QED) is 0.754. The highest BCUT2D eigenvalue weighted by Gasteiger charge is 2.57. The van der Waals surface area contributed by atoms with E-state index in [-0.39, 0.29) is 43.5 Å². The molecule has 0 aliphatic carbocycles. The Morgan fingerprint density at radius 3 is 2.65 bits per heavy atom. The Balaban J connectivity index is 1.51. The van der Waals surface area contributed by atoms with E-state index in [2.05, 4.69) is 10.6 Å². The molecule has 2 aliphatic rings. The Bertz CT molecular complexity index is 986. The van der Waals surface area contributed by atoms with Crippen molar-refractivity contribution in [2.45, 2.75) is 18.7 Å². The van der Waals surface area contributed by atoms with Crippen LogP contribution in [-0.2, 0) is 27.4 Å². The SMILES string of the molecule is O=C(NCc1cc(F)ccc1F)[C@H]1CN(Cc2ccc(F)cc2)C[C@@]12OCCNC2=O. The number of carbonyl (C=O) groups excluding carboxylic acids is 2. The second-order valence-electron chi connectivity index (χ2n) is 7.80. The van der Waals surface area contributed by atoms with Crippen LogP contribution in [-0.4, -0.2) is 48.6 Å². The van der Waals surface area contributed by atoms with Crippen LogP contribution in [0.15, 0.2) is 42.5 Å². The van der Waals surface area contributed by atoms with Crippen LogP contribution < -0.4 is 10.6 Å². The predicted octanol–water partition coefficient (Wildman–Crippen LogP) is 1.74. The summed E-state index contributed by atoms with van der Waals surface area (Å²) in [5, 5.41) is 5.36. The third-order valence-corrected chi connectivity index (χ3v) is 5.69. The highest BCUT2D eigenvalue weighted by Crippen LogP contribution is 2.34. The number of hydrogen-bond acceptors (Lipinski definition) is 4. The van der Waals surface area contributed by atoms with Crippen molar-refractivity contribution >= 4 is 11.8 Å². The minimum Gasteiger partial charge on any atom is -0.361 e. The van der Waals surface area contributed by atoms with E-state index < -0.39 is 29.1 Å². The Labute approximate surface area is 177 Å². The van der Waals surface area contributed by atoms with Crippen molar-refractivity contribution < 1.29 is 27.5 Å². The molecule has 2 N–H and O–H groups in total. The molecule has 1 spiro atoms. The van der Waals surface area contributed by atoms with Crippen LogP contribution in [0.4, 0.5) is 13.2 Å². The highest BCUT2D eigenvalue weighted by molar-refractivity contribution is 5.94. The molecule has 0 unspecified atom stereocenters. The molecule has 2 aliphatic heterocycles. The molecule has 6 nitrogen and oxygen atoms in total. The van der Waals surface area contributed by atoms with Crippen LogP contribution in [0.1, 0.15) is 11.1 Å². The molecule has 164 valence electrons. The fourth-order valence-corrected chi connectivity index (χ4v) is 4.15. The van der Waals surface area contributed by atoms with Crippen molar-refractivity contribution in [3.05, 3.63) is 71.0 Å². The minimum atomic E-state index is -1.37. The van der Waals surface area contributed by atoms with Gasteiger partial charge in [-0.3, -0.25) is 14.5 Å². The first kappa shape index (κ1) is 21.3. The van der Waals surface area contributed by atoms with Crippen LogP contribution >= 0.6 is 0 Å². The van der Waals surface area contributed by atoms with Crippen LogP contribution in [0, 0.1) is 23.4 Å². The summed E-state index contributed by atoms with van der Waals surface area (Å²) in [7, 11) is 0. The monoisotopic (exact) mass is 433 g/mol. The van der Waals surface area contributed by atoms with E-state index in [1.54, 1.807) is 12.1 Å². The lowest BCUT2D eigenvalue weighted by molar-refractivity contribution is -0.163. The summed E-state index contributed by atoms with van der Waals surface area (Å²) in [5.41, 5.74) is -0.531. The number of amides is 2. The van der Waals surface area contributed by atoms with Gasteiger partial charge in [0, 0.05) is 38.3 Å². The number of halogens is 3. The number of nitrogens with zero attached hydrogens (tertiary/aromatic N) is 1. The third-order valence-electron chi connectivity index (χ3n) is 5.69. The average Bonchev–Trinajstić information content (AvgIpc) is 3.11. The van der Waals surface area contributed by atoms with Gasteiger partial charge in [-0.05, 0) is 35.9 Å². The molecule has 2 atom stereocenters. The molecule has 2 heterocycles. The molecular formula is C22H22F3N3O3. The number of likely N-dealkylation sites (tertiary alicyclic amines) is 1. The lowest BCUT2D eigenvalue weighted by atomic mass is 9.87. The molecule has 2 saturated heterocycles. The molecule has 2 amide bonds. The minimum absolute atomic E-state index is 0.0116. The van der Waals surface area contributed by atoms with Gasteiger partial charge >= 0.3 is 0 Å². The van der Waals surface area contributed by atoms with Crippen LogP contribution in [0.5, 0.6) is 0 Å². The molecule has 2 aromatic carbocycles. The van der Waals surface area contributed by atoms with E-state index in [1.165, 1.54) is 12.1 Å². The standard InChI is InChI=1S/C22H22F3N3O3/c23-16-3-1-14(2-4-16)11-28-12-18(22(13-28)21(30)26-7-8-31-22)20(29)27-10-15-9-17(24)5-6-19(15)25/h1-6,9,18H,7-8,10-13H2,(H,26,30)(H,27,29)/t18-,22-/m1/s1. The van der Waals surface area contributed by atoms with Crippen LogP contribution in [0.3, 0.4) is 0 Å². The Morgan fingerprint density at radius 1 is 1.16 bits per heavy atom. The van der Waals surface area contributed by atoms with E-state index in [0.717, 1.165) is 23.8 Å². The van der Waals surface area contributed by atoms with E-state index >= 15 is 0 Å². The van der Waals surface area contributed by atoms with Gasteiger partial charge in [0.25, 0.3) is 5.91 Å². The molecule has 2 aromatic rings. The lowest BCUT2D eigenvalue weighted by Gasteiger charge is -2.36. The molecular weight excluding hydrogens is 411 g/mol. The summed E-state index contributed by atoms with van der Waals surface area (Å²) in [4.78, 5) is 27.7. The summed E-state index contributed by atoms with van der Waals surface area (Å²) in [5.74, 6) is -3.29. The molecule has 0 aromatic heterocycles. The number of ether oxygens (including phenoxy) is 1. The van der Waals surface area contributed by atoms with Crippen molar-refractivity contribution in [2.75, 3.05) is 26.2 Å². The molecule has 9 heteroatoms. The van der Waals surface area contributed by atoms with Crippen molar-refractivity contribution in [3.63, 3.8) is 0 Å². The maximum atomic E-state index is 13.9. The number of nitrogens with one attached hydrogen (secondary N) is 2. The topological polar surface area (TPSA) is 70.7 Å². The molecule has 0 saturated carbocycles. The summed E-state index contributed by atoms with van der Waals surface area (Å²) < 4.78 is 46.3. The normalized spacial score (nSPS) is 23.7. The fraction of sp³-hybridized carbons (Fsp3) is 0.364. The van der Waals surface area contributed by atoms with Gasteiger partial charge in [-0.15, -0.1) is 0 Å². The summed E-state index contributed by atoms with van der Waals surface area (Å²) in [6, 6.07) is 9.00. The zero-order chi connectivity index (χ0) is 22.0. The number of carbonyl (C=O) groups is 2. The van der Waals surface area contributed by atoms with E-state index in [4.69, 9.17) is 4.74 Å². The second-order valence-corrected chi connectivity index (χ2v) is 7.80. The number of hydrogen-bond donors (Lipinski definition) is 2. The van der Waals surface area contributed by atoms with Crippen molar-refractivity contribution in [1.82, 2.24) is 15.5 Å². The van der Waals surface area contributed by atoms with Gasteiger partial charge in [0.1, 0.15) is 17.5 Å². The molecule has 4 rings (SSSR count). The van der Waals surface area contributed by atoms with Crippen LogP contribution in [0.25, 0.3) is 0 Å². The van der Waals surface area contributed by atoms with Gasteiger partial charge in [-0.25, -0.2) is 13.2 Å². The van der Waals surface area contributed by atoms with Gasteiger partial charge in [-0.2, -0.15) is 0 Å². The van der Waals surface area contributed by atoms with Crippen molar-refractivity contribution in [3.8, 4) is 0 Å². The van der Waals surface area contributed by atoms with Gasteiger partial charge in [-0.1, -0.05) is 12.1 Å². The van der Waals surface area contributed by atoms with Gasteiger partial charge in [0.05, 0.1) is 12.5 Å². The van der Waals surface area contributed by atoms with Gasteiger partial charge in [0.15, 0.2) is 5.60 Å². The van der Waals surface area contributed by atoms with Crippen LogP contribution in [0.2, 0.25) is 0 Å². The van der Waals surface area contributed by atoms with Crippen molar-refractivity contribution in [2.24, 2.45) is 5.92 Å². The second kappa shape index (κ2) is 8.68. The van der Waals surface area contributed by atoms with E-state index in [1.807, 2.05) is 4.90 Å². The van der Waals surface area contributed by atoms with E-state index in [9.17, 15) is 22.8 Å². The first-order valence-corrected chi connectivity index (χ1v) is 9.98. The lowest BCUT2D eigenvalue weighted by Crippen LogP contribution is -2.61. The Kier molecular flexibility index (Phi) is 5.97. The fourth-order valence-electron chi connectivity index (χ4n) is 4.15.